The SMILES string of the molecule is CCCCC(=O)N1CCN(c2ccc(N(CC)CC)nn2)CC1. The quantitative estimate of drug-likeness (QED) is 0.771. The summed E-state index contributed by atoms with van der Waals surface area (Å²) in [5.74, 6) is 2.11. The van der Waals surface area contributed by atoms with Gasteiger partial charge in [0.15, 0.2) is 11.6 Å². The molecule has 2 heterocycles. The second-order valence-corrected chi connectivity index (χ2v) is 5.89. The van der Waals surface area contributed by atoms with Gasteiger partial charge in [0, 0.05) is 45.7 Å². The zero-order chi connectivity index (χ0) is 16.7. The van der Waals surface area contributed by atoms with Crippen LogP contribution in [0.1, 0.15) is 40.0 Å². The first-order chi connectivity index (χ1) is 11.2. The van der Waals surface area contributed by atoms with Crippen LogP contribution in [0, 0.1) is 0 Å². The van der Waals surface area contributed by atoms with Gasteiger partial charge in [-0.25, -0.2) is 0 Å². The molecule has 2 rings (SSSR count). The molecule has 128 valence electrons. The van der Waals surface area contributed by atoms with Gasteiger partial charge in [-0.2, -0.15) is 0 Å². The molecule has 1 aliphatic rings. The highest BCUT2D eigenvalue weighted by Crippen LogP contribution is 2.17. The molecule has 0 N–H and O–H groups in total. The summed E-state index contributed by atoms with van der Waals surface area (Å²) in [6, 6.07) is 4.07. The van der Waals surface area contributed by atoms with Crippen molar-refractivity contribution in [2.45, 2.75) is 40.0 Å². The summed E-state index contributed by atoms with van der Waals surface area (Å²) in [6.07, 6.45) is 2.73. The smallest absolute Gasteiger partial charge is 0.222 e. The van der Waals surface area contributed by atoms with Crippen molar-refractivity contribution in [2.75, 3.05) is 49.1 Å². The van der Waals surface area contributed by atoms with Gasteiger partial charge in [0.1, 0.15) is 0 Å². The van der Waals surface area contributed by atoms with Crippen molar-refractivity contribution in [3.05, 3.63) is 12.1 Å². The Labute approximate surface area is 139 Å². The number of rotatable bonds is 7. The molecule has 6 nitrogen and oxygen atoms in total. The van der Waals surface area contributed by atoms with Crippen LogP contribution in [0.15, 0.2) is 12.1 Å². The van der Waals surface area contributed by atoms with Crippen LogP contribution in [0.4, 0.5) is 11.6 Å². The molecule has 0 saturated carbocycles. The van der Waals surface area contributed by atoms with E-state index in [1.807, 2.05) is 17.0 Å². The molecule has 1 aromatic rings. The second kappa shape index (κ2) is 8.70. The topological polar surface area (TPSA) is 52.6 Å². The molecule has 1 aromatic heterocycles. The van der Waals surface area contributed by atoms with Crippen LogP contribution in [-0.4, -0.2) is 60.3 Å². The third-order valence-corrected chi connectivity index (χ3v) is 4.42. The fourth-order valence-electron chi connectivity index (χ4n) is 2.87. The van der Waals surface area contributed by atoms with Crippen LogP contribution >= 0.6 is 0 Å². The van der Waals surface area contributed by atoms with Gasteiger partial charge in [-0.3, -0.25) is 4.79 Å². The summed E-state index contributed by atoms with van der Waals surface area (Å²) in [4.78, 5) is 18.4. The molecule has 23 heavy (non-hydrogen) atoms. The Kier molecular flexibility index (Phi) is 6.62. The molecule has 0 spiro atoms. The molecular weight excluding hydrogens is 290 g/mol. The van der Waals surface area contributed by atoms with E-state index in [1.165, 1.54) is 0 Å². The van der Waals surface area contributed by atoms with E-state index in [2.05, 4.69) is 40.8 Å². The van der Waals surface area contributed by atoms with Crippen LogP contribution < -0.4 is 9.80 Å². The van der Waals surface area contributed by atoms with Crippen LogP contribution in [0.2, 0.25) is 0 Å². The Morgan fingerprint density at radius 3 is 2.30 bits per heavy atom. The zero-order valence-electron chi connectivity index (χ0n) is 14.7. The molecule has 0 radical (unpaired) electrons. The lowest BCUT2D eigenvalue weighted by molar-refractivity contribution is -0.131. The van der Waals surface area contributed by atoms with E-state index in [-0.39, 0.29) is 5.91 Å². The molecule has 6 heteroatoms. The van der Waals surface area contributed by atoms with Crippen molar-refractivity contribution in [3.8, 4) is 0 Å². The first-order valence-electron chi connectivity index (χ1n) is 8.81. The van der Waals surface area contributed by atoms with Gasteiger partial charge in [0.05, 0.1) is 0 Å². The van der Waals surface area contributed by atoms with Crippen molar-refractivity contribution < 1.29 is 4.79 Å². The average molecular weight is 319 g/mol. The van der Waals surface area contributed by atoms with E-state index in [0.717, 1.165) is 63.7 Å². The van der Waals surface area contributed by atoms with Crippen molar-refractivity contribution in [1.82, 2.24) is 15.1 Å². The number of carbonyl (C=O) groups excluding carboxylic acids is 1. The lowest BCUT2D eigenvalue weighted by Crippen LogP contribution is -2.49. The van der Waals surface area contributed by atoms with Crippen LogP contribution in [0.5, 0.6) is 0 Å². The number of anilines is 2. The summed E-state index contributed by atoms with van der Waals surface area (Å²) < 4.78 is 0. The monoisotopic (exact) mass is 319 g/mol. The van der Waals surface area contributed by atoms with Gasteiger partial charge in [-0.1, -0.05) is 13.3 Å². The summed E-state index contributed by atoms with van der Waals surface area (Å²) in [5, 5.41) is 8.71. The van der Waals surface area contributed by atoms with Crippen LogP contribution in [-0.2, 0) is 4.79 Å². The number of unbranched alkanes of at least 4 members (excludes halogenated alkanes) is 1. The average Bonchev–Trinajstić information content (AvgIpc) is 2.61. The molecule has 1 saturated heterocycles. The van der Waals surface area contributed by atoms with Gasteiger partial charge in [0.25, 0.3) is 0 Å². The maximum absolute atomic E-state index is 12.1. The van der Waals surface area contributed by atoms with E-state index < -0.39 is 0 Å². The van der Waals surface area contributed by atoms with Gasteiger partial charge in [-0.15, -0.1) is 10.2 Å². The lowest BCUT2D eigenvalue weighted by atomic mass is 10.2. The molecule has 0 atom stereocenters. The van der Waals surface area contributed by atoms with Crippen molar-refractivity contribution in [2.24, 2.45) is 0 Å². The summed E-state index contributed by atoms with van der Waals surface area (Å²) >= 11 is 0. The Hall–Kier alpha value is -1.85. The highest BCUT2D eigenvalue weighted by molar-refractivity contribution is 5.76. The summed E-state index contributed by atoms with van der Waals surface area (Å²) in [5.41, 5.74) is 0. The summed E-state index contributed by atoms with van der Waals surface area (Å²) in [6.45, 7) is 11.4. The van der Waals surface area contributed by atoms with E-state index >= 15 is 0 Å². The van der Waals surface area contributed by atoms with Gasteiger partial charge < -0.3 is 14.7 Å². The number of aromatic nitrogens is 2. The molecule has 1 amide bonds. The van der Waals surface area contributed by atoms with Gasteiger partial charge in [0.2, 0.25) is 5.91 Å². The van der Waals surface area contributed by atoms with Crippen molar-refractivity contribution in [1.29, 1.82) is 0 Å². The molecule has 1 aliphatic heterocycles. The maximum Gasteiger partial charge on any atom is 0.222 e. The number of nitrogens with zero attached hydrogens (tertiary/aromatic N) is 5. The van der Waals surface area contributed by atoms with Crippen molar-refractivity contribution >= 4 is 17.5 Å². The predicted octanol–water partition coefficient (Wildman–Crippen LogP) is 2.16. The fourth-order valence-corrected chi connectivity index (χ4v) is 2.87. The zero-order valence-corrected chi connectivity index (χ0v) is 14.7. The van der Waals surface area contributed by atoms with E-state index in [4.69, 9.17) is 0 Å². The van der Waals surface area contributed by atoms with Crippen LogP contribution in [0.25, 0.3) is 0 Å². The first-order valence-corrected chi connectivity index (χ1v) is 8.81. The lowest BCUT2D eigenvalue weighted by Gasteiger charge is -2.35. The first kappa shape index (κ1) is 17.5. The third kappa shape index (κ3) is 4.56. The molecule has 0 bridgehead atoms. The van der Waals surface area contributed by atoms with E-state index in [0.29, 0.717) is 6.42 Å². The number of hydrogen-bond acceptors (Lipinski definition) is 5. The number of hydrogen-bond donors (Lipinski definition) is 0. The van der Waals surface area contributed by atoms with E-state index in [1.54, 1.807) is 0 Å². The Morgan fingerprint density at radius 2 is 1.78 bits per heavy atom. The normalized spacial score (nSPS) is 14.9. The minimum absolute atomic E-state index is 0.287. The van der Waals surface area contributed by atoms with E-state index in [9.17, 15) is 4.79 Å². The minimum atomic E-state index is 0.287. The Balaban J connectivity index is 1.89. The van der Waals surface area contributed by atoms with Crippen molar-refractivity contribution in [3.63, 3.8) is 0 Å². The number of amides is 1. The number of carbonyl (C=O) groups is 1. The van der Waals surface area contributed by atoms with Crippen LogP contribution in [0.3, 0.4) is 0 Å². The third-order valence-electron chi connectivity index (χ3n) is 4.42. The molecule has 0 aromatic carbocycles. The maximum atomic E-state index is 12.1. The largest absolute Gasteiger partial charge is 0.356 e. The fraction of sp³-hybridized carbons (Fsp3) is 0.706. The van der Waals surface area contributed by atoms with Gasteiger partial charge in [-0.05, 0) is 32.4 Å². The molecule has 0 unspecified atom stereocenters. The molecule has 1 fully saturated rings. The Morgan fingerprint density at radius 1 is 1.09 bits per heavy atom. The molecular formula is C17H29N5O. The second-order valence-electron chi connectivity index (χ2n) is 5.89. The highest BCUT2D eigenvalue weighted by atomic mass is 16.2. The highest BCUT2D eigenvalue weighted by Gasteiger charge is 2.21. The standard InChI is InChI=1S/C17H29N5O/c1-4-7-8-17(23)22-13-11-21(12-14-22)16-10-9-15(18-19-16)20(5-2)6-3/h9-10H,4-8,11-14H2,1-3H3. The van der Waals surface area contributed by atoms with Gasteiger partial charge >= 0.3 is 0 Å². The Bertz CT molecular complexity index is 478. The minimum Gasteiger partial charge on any atom is -0.356 e. The summed E-state index contributed by atoms with van der Waals surface area (Å²) in [7, 11) is 0. The predicted molar refractivity (Wildman–Crippen MR) is 93.9 cm³/mol. The molecule has 0 aliphatic carbocycles. The number of piperazine rings is 1.